The number of rotatable bonds is 10. The molecule has 0 aliphatic carbocycles. The molecule has 1 atom stereocenters. The van der Waals surface area contributed by atoms with Gasteiger partial charge in [-0.2, -0.15) is 0 Å². The summed E-state index contributed by atoms with van der Waals surface area (Å²) in [6, 6.07) is 7.31. The maximum absolute atomic E-state index is 13.4. The Morgan fingerprint density at radius 1 is 1.16 bits per heavy atom. The first kappa shape index (κ1) is 27.4. The molecule has 37 heavy (non-hydrogen) atoms. The zero-order valence-corrected chi connectivity index (χ0v) is 21.4. The summed E-state index contributed by atoms with van der Waals surface area (Å²) in [6.45, 7) is 2.55. The fourth-order valence-electron chi connectivity index (χ4n) is 4.97. The van der Waals surface area contributed by atoms with Gasteiger partial charge in [-0.25, -0.2) is 13.2 Å². The molecule has 0 bridgehead atoms. The smallest absolute Gasteiger partial charge is 0.194 e. The Bertz CT molecular complexity index is 1220. The lowest BCUT2D eigenvalue weighted by Crippen LogP contribution is -2.43. The van der Waals surface area contributed by atoms with Crippen LogP contribution >= 0.6 is 11.6 Å². The number of nitrogens with zero attached hydrogens (tertiary/aromatic N) is 2. The third-order valence-corrected chi connectivity index (χ3v) is 7.64. The van der Waals surface area contributed by atoms with Crippen LogP contribution in [0.3, 0.4) is 0 Å². The Kier molecular flexibility index (Phi) is 8.79. The van der Waals surface area contributed by atoms with Gasteiger partial charge >= 0.3 is 0 Å². The van der Waals surface area contributed by atoms with Gasteiger partial charge in [0.1, 0.15) is 5.75 Å². The van der Waals surface area contributed by atoms with Gasteiger partial charge in [0.25, 0.3) is 0 Å². The molecule has 1 aliphatic rings. The highest BCUT2D eigenvalue weighted by Gasteiger charge is 2.34. The van der Waals surface area contributed by atoms with Crippen LogP contribution in [0.4, 0.5) is 18.9 Å². The number of aliphatic hydroxyl groups is 2. The predicted octanol–water partition coefficient (Wildman–Crippen LogP) is 5.31. The van der Waals surface area contributed by atoms with E-state index in [0.717, 1.165) is 43.5 Å². The molecule has 2 heterocycles. The summed E-state index contributed by atoms with van der Waals surface area (Å²) in [7, 11) is 1.57. The highest BCUT2D eigenvalue weighted by Crippen LogP contribution is 2.40. The first-order chi connectivity index (χ1) is 17.7. The van der Waals surface area contributed by atoms with Gasteiger partial charge in [0.2, 0.25) is 0 Å². The maximum atomic E-state index is 13.4. The molecule has 0 radical (unpaired) electrons. The second-order valence-electron chi connectivity index (χ2n) is 9.64. The van der Waals surface area contributed by atoms with Crippen molar-refractivity contribution in [3.63, 3.8) is 0 Å². The van der Waals surface area contributed by atoms with Crippen molar-refractivity contribution in [2.45, 2.75) is 31.8 Å². The summed E-state index contributed by atoms with van der Waals surface area (Å²) in [6.07, 6.45) is 3.25. The minimum Gasteiger partial charge on any atom is -0.497 e. The Morgan fingerprint density at radius 3 is 2.51 bits per heavy atom. The molecule has 200 valence electrons. The van der Waals surface area contributed by atoms with E-state index in [0.29, 0.717) is 47.8 Å². The lowest BCUT2D eigenvalue weighted by molar-refractivity contribution is 0.0248. The summed E-state index contributed by atoms with van der Waals surface area (Å²) in [5.41, 5.74) is 1.19. The van der Waals surface area contributed by atoms with Crippen molar-refractivity contribution in [1.82, 2.24) is 9.88 Å². The van der Waals surface area contributed by atoms with E-state index in [2.05, 4.69) is 15.2 Å². The van der Waals surface area contributed by atoms with Crippen molar-refractivity contribution >= 4 is 28.2 Å². The van der Waals surface area contributed by atoms with Gasteiger partial charge in [0.15, 0.2) is 17.5 Å². The van der Waals surface area contributed by atoms with Gasteiger partial charge in [0, 0.05) is 54.7 Å². The SMILES string of the molecule is COc1ccc2ncc(Cl)c(C(O)CCC3(CO)CCN(CCNc4cc(F)c(F)c(F)c4)CC3)c2c1. The molecule has 1 fully saturated rings. The number of aromatic nitrogens is 1. The molecule has 1 saturated heterocycles. The highest BCUT2D eigenvalue weighted by molar-refractivity contribution is 6.32. The number of fused-ring (bicyclic) bond motifs is 1. The molecule has 1 aromatic heterocycles. The number of halogens is 4. The van der Waals surface area contributed by atoms with Crippen LogP contribution in [-0.4, -0.2) is 60.0 Å². The average Bonchev–Trinajstić information content (AvgIpc) is 2.90. The molecule has 0 saturated carbocycles. The lowest BCUT2D eigenvalue weighted by Gasteiger charge is -2.41. The monoisotopic (exact) mass is 537 g/mol. The van der Waals surface area contributed by atoms with Crippen LogP contribution in [0.2, 0.25) is 5.02 Å². The lowest BCUT2D eigenvalue weighted by atomic mass is 9.74. The van der Waals surface area contributed by atoms with E-state index < -0.39 is 23.6 Å². The minimum absolute atomic E-state index is 0.0125. The minimum atomic E-state index is -1.48. The molecule has 2 aromatic carbocycles. The van der Waals surface area contributed by atoms with Crippen molar-refractivity contribution < 1.29 is 28.1 Å². The van der Waals surface area contributed by atoms with Gasteiger partial charge < -0.3 is 25.2 Å². The van der Waals surface area contributed by atoms with Crippen molar-refractivity contribution in [3.8, 4) is 5.75 Å². The number of piperidine rings is 1. The number of ether oxygens (including phenoxy) is 1. The van der Waals surface area contributed by atoms with Crippen LogP contribution in [-0.2, 0) is 0 Å². The molecule has 1 aliphatic heterocycles. The number of benzene rings is 2. The first-order valence-corrected chi connectivity index (χ1v) is 12.6. The molecule has 6 nitrogen and oxygen atoms in total. The van der Waals surface area contributed by atoms with Crippen LogP contribution in [0.25, 0.3) is 10.9 Å². The van der Waals surface area contributed by atoms with Crippen LogP contribution in [0.5, 0.6) is 5.75 Å². The standard InChI is InChI=1S/C27H31ClF3N3O3/c1-37-18-2-3-23-19(14-18)25(20(28)15-33-23)24(36)4-5-27(16-35)6-9-34(10-7-27)11-8-32-17-12-21(29)26(31)22(30)13-17/h2-3,12-15,24,32,35-36H,4-11,16H2,1H3. The van der Waals surface area contributed by atoms with Gasteiger partial charge in [0.05, 0.1) is 23.8 Å². The van der Waals surface area contributed by atoms with Gasteiger partial charge in [-0.15, -0.1) is 0 Å². The topological polar surface area (TPSA) is 77.8 Å². The quantitative estimate of drug-likeness (QED) is 0.304. The number of methoxy groups -OCH3 is 1. The number of hydrogen-bond acceptors (Lipinski definition) is 6. The zero-order chi connectivity index (χ0) is 26.6. The number of anilines is 1. The Labute approximate surface area is 219 Å². The fourth-order valence-corrected chi connectivity index (χ4v) is 5.25. The maximum Gasteiger partial charge on any atom is 0.194 e. The third kappa shape index (κ3) is 6.29. The summed E-state index contributed by atoms with van der Waals surface area (Å²) < 4.78 is 45.2. The Balaban J connectivity index is 1.32. The van der Waals surface area contributed by atoms with Gasteiger partial charge in [-0.1, -0.05) is 11.6 Å². The van der Waals surface area contributed by atoms with Crippen LogP contribution < -0.4 is 10.1 Å². The summed E-state index contributed by atoms with van der Waals surface area (Å²) in [4.78, 5) is 6.54. The van der Waals surface area contributed by atoms with Crippen molar-refractivity contribution in [3.05, 3.63) is 64.6 Å². The number of likely N-dealkylation sites (tertiary alicyclic amines) is 1. The van der Waals surface area contributed by atoms with E-state index in [1.54, 1.807) is 13.2 Å². The fraction of sp³-hybridized carbons (Fsp3) is 0.444. The number of nitrogens with one attached hydrogen (secondary N) is 1. The summed E-state index contributed by atoms with van der Waals surface area (Å²) >= 11 is 6.44. The largest absolute Gasteiger partial charge is 0.497 e. The Hall–Kier alpha value is -2.59. The van der Waals surface area contributed by atoms with Crippen molar-refractivity contribution in [2.75, 3.05) is 45.2 Å². The predicted molar refractivity (Wildman–Crippen MR) is 137 cm³/mol. The van der Waals surface area contributed by atoms with Crippen LogP contribution in [0.15, 0.2) is 36.5 Å². The van der Waals surface area contributed by atoms with E-state index >= 15 is 0 Å². The number of aliphatic hydroxyl groups excluding tert-OH is 2. The van der Waals surface area contributed by atoms with E-state index in [1.165, 1.54) is 6.20 Å². The average molecular weight is 538 g/mol. The zero-order valence-electron chi connectivity index (χ0n) is 20.6. The normalized spacial score (nSPS) is 16.6. The van der Waals surface area contributed by atoms with Crippen molar-refractivity contribution in [2.24, 2.45) is 5.41 Å². The molecule has 3 aromatic rings. The molecule has 4 rings (SSSR count). The molecule has 0 amide bonds. The van der Waals surface area contributed by atoms with Gasteiger partial charge in [-0.3, -0.25) is 4.98 Å². The third-order valence-electron chi connectivity index (χ3n) is 7.34. The van der Waals surface area contributed by atoms with E-state index in [4.69, 9.17) is 16.3 Å². The molecule has 10 heteroatoms. The summed E-state index contributed by atoms with van der Waals surface area (Å²) in [5, 5.41) is 25.4. The van der Waals surface area contributed by atoms with Crippen LogP contribution in [0, 0.1) is 22.9 Å². The van der Waals surface area contributed by atoms with Crippen LogP contribution in [0.1, 0.15) is 37.4 Å². The first-order valence-electron chi connectivity index (χ1n) is 12.3. The highest BCUT2D eigenvalue weighted by atomic mass is 35.5. The second kappa shape index (κ2) is 11.9. The molecule has 1 unspecified atom stereocenters. The second-order valence-corrected chi connectivity index (χ2v) is 10.0. The molecule has 3 N–H and O–H groups in total. The summed E-state index contributed by atoms with van der Waals surface area (Å²) in [5.74, 6) is -3.29. The van der Waals surface area contributed by atoms with E-state index in [-0.39, 0.29) is 17.7 Å². The van der Waals surface area contributed by atoms with Crippen molar-refractivity contribution in [1.29, 1.82) is 0 Å². The van der Waals surface area contributed by atoms with E-state index in [1.807, 2.05) is 12.1 Å². The number of pyridine rings is 1. The van der Waals surface area contributed by atoms with Gasteiger partial charge in [-0.05, 0) is 62.4 Å². The van der Waals surface area contributed by atoms with E-state index in [9.17, 15) is 23.4 Å². The molecule has 0 spiro atoms. The molecular weight excluding hydrogens is 507 g/mol. The number of hydrogen-bond donors (Lipinski definition) is 3. The Morgan fingerprint density at radius 2 is 1.86 bits per heavy atom. The molecular formula is C27H31ClF3N3O3.